The molecule has 1 amide bonds. The highest BCUT2D eigenvalue weighted by Gasteiger charge is 2.33. The molecule has 0 radical (unpaired) electrons. The summed E-state index contributed by atoms with van der Waals surface area (Å²) < 4.78 is 11.1. The lowest BCUT2D eigenvalue weighted by molar-refractivity contribution is -0.122. The smallest absolute Gasteiger partial charge is 0.299 e. The van der Waals surface area contributed by atoms with Crippen molar-refractivity contribution in [2.24, 2.45) is 0 Å². The Morgan fingerprint density at radius 3 is 3.00 bits per heavy atom. The number of hydrogen-bond donors (Lipinski definition) is 1. The van der Waals surface area contributed by atoms with Gasteiger partial charge >= 0.3 is 0 Å². The fourth-order valence-corrected chi connectivity index (χ4v) is 2.94. The number of para-hydroxylation sites is 2. The molecule has 4 rings (SSSR count). The van der Waals surface area contributed by atoms with Crippen LogP contribution in [0.25, 0.3) is 11.1 Å². The van der Waals surface area contributed by atoms with E-state index in [0.29, 0.717) is 17.8 Å². The van der Waals surface area contributed by atoms with Crippen molar-refractivity contribution in [3.05, 3.63) is 36.0 Å². The zero-order valence-corrected chi connectivity index (χ0v) is 13.2. The zero-order chi connectivity index (χ0) is 16.5. The van der Waals surface area contributed by atoms with Gasteiger partial charge in [0.05, 0.1) is 6.54 Å². The van der Waals surface area contributed by atoms with E-state index in [4.69, 9.17) is 8.83 Å². The molecule has 3 heterocycles. The van der Waals surface area contributed by atoms with E-state index in [9.17, 15) is 4.79 Å². The van der Waals surface area contributed by atoms with Gasteiger partial charge in [-0.25, -0.2) is 0 Å². The Balaban J connectivity index is 1.48. The number of rotatable bonds is 4. The fraction of sp³-hybridized carbons (Fsp3) is 0.375. The Morgan fingerprint density at radius 1 is 1.33 bits per heavy atom. The van der Waals surface area contributed by atoms with E-state index in [0.717, 1.165) is 30.5 Å². The van der Waals surface area contributed by atoms with E-state index in [1.807, 2.05) is 29.2 Å². The van der Waals surface area contributed by atoms with Crippen molar-refractivity contribution >= 4 is 23.0 Å². The minimum atomic E-state index is -0.304. The van der Waals surface area contributed by atoms with Gasteiger partial charge in [0, 0.05) is 13.5 Å². The third-order valence-corrected chi connectivity index (χ3v) is 4.07. The van der Waals surface area contributed by atoms with Gasteiger partial charge in [0.1, 0.15) is 11.6 Å². The van der Waals surface area contributed by atoms with Crippen LogP contribution in [0, 0.1) is 6.92 Å². The van der Waals surface area contributed by atoms with Crippen LogP contribution in [0.1, 0.15) is 24.6 Å². The van der Waals surface area contributed by atoms with Crippen molar-refractivity contribution in [1.82, 2.24) is 20.5 Å². The van der Waals surface area contributed by atoms with Crippen LogP contribution in [0.3, 0.4) is 0 Å². The van der Waals surface area contributed by atoms with E-state index >= 15 is 0 Å². The molecule has 1 aliphatic rings. The highest BCUT2D eigenvalue weighted by Crippen LogP contribution is 2.28. The van der Waals surface area contributed by atoms with Crippen molar-refractivity contribution in [1.29, 1.82) is 0 Å². The average Bonchev–Trinajstić information content (AvgIpc) is 3.30. The molecule has 3 aromatic rings. The number of carbonyl (C=O) groups excluding carboxylic acids is 1. The number of fused-ring (bicyclic) bond motifs is 1. The first-order valence-corrected chi connectivity index (χ1v) is 7.89. The van der Waals surface area contributed by atoms with Gasteiger partial charge in [0.25, 0.3) is 6.01 Å². The number of nitrogens with zero attached hydrogens (tertiary/aromatic N) is 4. The maximum absolute atomic E-state index is 12.5. The molecule has 1 aromatic carbocycles. The Morgan fingerprint density at radius 2 is 2.21 bits per heavy atom. The normalized spacial score (nSPS) is 17.5. The first kappa shape index (κ1) is 14.7. The van der Waals surface area contributed by atoms with Gasteiger partial charge in [0.2, 0.25) is 17.7 Å². The SMILES string of the molecule is Cc1nnc(CNC(=O)[C@@H]2CCCN2c2nc3ccccc3o2)o1. The third kappa shape index (κ3) is 2.70. The fourth-order valence-electron chi connectivity index (χ4n) is 2.94. The average molecular weight is 327 g/mol. The minimum absolute atomic E-state index is 0.0920. The maximum Gasteiger partial charge on any atom is 0.299 e. The second-order valence-corrected chi connectivity index (χ2v) is 5.75. The number of anilines is 1. The molecular weight excluding hydrogens is 310 g/mol. The van der Waals surface area contributed by atoms with Crippen LogP contribution in [-0.2, 0) is 11.3 Å². The van der Waals surface area contributed by atoms with Gasteiger partial charge in [0.15, 0.2) is 5.58 Å². The number of aryl methyl sites for hydroxylation is 1. The maximum atomic E-state index is 12.5. The molecule has 0 aliphatic carbocycles. The lowest BCUT2D eigenvalue weighted by atomic mass is 10.2. The summed E-state index contributed by atoms with van der Waals surface area (Å²) in [5.41, 5.74) is 1.51. The predicted octanol–water partition coefficient (Wildman–Crippen LogP) is 1.80. The first-order valence-electron chi connectivity index (χ1n) is 7.89. The van der Waals surface area contributed by atoms with E-state index in [-0.39, 0.29) is 18.5 Å². The lowest BCUT2D eigenvalue weighted by Crippen LogP contribution is -2.43. The Bertz CT molecular complexity index is 838. The van der Waals surface area contributed by atoms with Gasteiger partial charge < -0.3 is 19.1 Å². The quantitative estimate of drug-likeness (QED) is 0.780. The summed E-state index contributed by atoms with van der Waals surface area (Å²) in [5, 5.41) is 10.5. The molecule has 0 unspecified atom stereocenters. The molecule has 1 atom stereocenters. The van der Waals surface area contributed by atoms with Crippen LogP contribution in [0.5, 0.6) is 0 Å². The van der Waals surface area contributed by atoms with Crippen LogP contribution in [0.2, 0.25) is 0 Å². The zero-order valence-electron chi connectivity index (χ0n) is 13.2. The number of aromatic nitrogens is 3. The largest absolute Gasteiger partial charge is 0.424 e. The van der Waals surface area contributed by atoms with Crippen molar-refractivity contribution in [3.8, 4) is 0 Å². The van der Waals surface area contributed by atoms with Gasteiger partial charge in [-0.3, -0.25) is 4.79 Å². The summed E-state index contributed by atoms with van der Waals surface area (Å²) in [7, 11) is 0. The summed E-state index contributed by atoms with van der Waals surface area (Å²) in [5.74, 6) is 0.783. The highest BCUT2D eigenvalue weighted by atomic mass is 16.4. The lowest BCUT2D eigenvalue weighted by Gasteiger charge is -2.21. The molecule has 0 bridgehead atoms. The van der Waals surface area contributed by atoms with E-state index < -0.39 is 0 Å². The summed E-state index contributed by atoms with van der Waals surface area (Å²) in [6, 6.07) is 7.76. The van der Waals surface area contributed by atoms with Gasteiger partial charge in [-0.2, -0.15) is 4.98 Å². The number of hydrogen-bond acceptors (Lipinski definition) is 7. The van der Waals surface area contributed by atoms with Crippen molar-refractivity contribution < 1.29 is 13.6 Å². The summed E-state index contributed by atoms with van der Waals surface area (Å²) in [6.45, 7) is 2.67. The van der Waals surface area contributed by atoms with Crippen LogP contribution in [0.4, 0.5) is 6.01 Å². The molecule has 1 saturated heterocycles. The molecule has 0 spiro atoms. The van der Waals surface area contributed by atoms with E-state index in [1.54, 1.807) is 6.92 Å². The monoisotopic (exact) mass is 327 g/mol. The first-order chi connectivity index (χ1) is 11.7. The minimum Gasteiger partial charge on any atom is -0.424 e. The van der Waals surface area contributed by atoms with Crippen molar-refractivity contribution in [2.45, 2.75) is 32.4 Å². The highest BCUT2D eigenvalue weighted by molar-refractivity contribution is 5.85. The topological polar surface area (TPSA) is 97.3 Å². The number of nitrogens with one attached hydrogen (secondary N) is 1. The predicted molar refractivity (Wildman–Crippen MR) is 85.3 cm³/mol. The molecule has 0 saturated carbocycles. The third-order valence-electron chi connectivity index (χ3n) is 4.07. The molecule has 124 valence electrons. The van der Waals surface area contributed by atoms with E-state index in [2.05, 4.69) is 20.5 Å². The molecule has 1 N–H and O–H groups in total. The number of benzene rings is 1. The summed E-state index contributed by atoms with van der Waals surface area (Å²) in [6.07, 6.45) is 1.67. The molecule has 8 heteroatoms. The summed E-state index contributed by atoms with van der Waals surface area (Å²) >= 11 is 0. The van der Waals surface area contributed by atoms with Crippen LogP contribution in [0.15, 0.2) is 33.1 Å². The van der Waals surface area contributed by atoms with E-state index in [1.165, 1.54) is 0 Å². The van der Waals surface area contributed by atoms with Crippen molar-refractivity contribution in [2.75, 3.05) is 11.4 Å². The molecule has 24 heavy (non-hydrogen) atoms. The molecule has 1 fully saturated rings. The molecule has 2 aromatic heterocycles. The standard InChI is InChI=1S/C16H17N5O3/c1-10-19-20-14(23-10)9-17-15(22)12-6-4-8-21(12)16-18-11-5-2-3-7-13(11)24-16/h2-3,5,7,12H,4,6,8-9H2,1H3,(H,17,22)/t12-/m0/s1. The van der Waals surface area contributed by atoms with Gasteiger partial charge in [-0.05, 0) is 25.0 Å². The second-order valence-electron chi connectivity index (χ2n) is 5.75. The molecule has 1 aliphatic heterocycles. The van der Waals surface area contributed by atoms with Crippen LogP contribution in [-0.4, -0.2) is 33.7 Å². The molecule has 8 nitrogen and oxygen atoms in total. The number of carbonyl (C=O) groups is 1. The van der Waals surface area contributed by atoms with Gasteiger partial charge in [-0.15, -0.1) is 10.2 Å². The number of oxazole rings is 1. The Kier molecular flexibility index (Phi) is 3.64. The number of amides is 1. The summed E-state index contributed by atoms with van der Waals surface area (Å²) in [4.78, 5) is 18.9. The van der Waals surface area contributed by atoms with Crippen molar-refractivity contribution in [3.63, 3.8) is 0 Å². The second kappa shape index (κ2) is 5.95. The van der Waals surface area contributed by atoms with Crippen LogP contribution < -0.4 is 10.2 Å². The Labute approximate surface area is 137 Å². The molecular formula is C16H17N5O3. The van der Waals surface area contributed by atoms with Gasteiger partial charge in [-0.1, -0.05) is 12.1 Å². The Hall–Kier alpha value is -2.90. The van der Waals surface area contributed by atoms with Crippen LogP contribution >= 0.6 is 0 Å².